The number of carboxylic acids is 1. The molecule has 0 saturated carbocycles. The molecule has 0 unspecified atom stereocenters. The predicted octanol–water partition coefficient (Wildman–Crippen LogP) is 2.01. The summed E-state index contributed by atoms with van der Waals surface area (Å²) < 4.78 is 0. The largest absolute Gasteiger partial charge is 0.481 e. The summed E-state index contributed by atoms with van der Waals surface area (Å²) in [6.07, 6.45) is 0.144. The van der Waals surface area contributed by atoms with Crippen molar-refractivity contribution in [2.45, 2.75) is 12.8 Å². The van der Waals surface area contributed by atoms with Crippen LogP contribution in [0.15, 0.2) is 48.5 Å². The molecule has 2 rings (SSSR count). The van der Waals surface area contributed by atoms with E-state index >= 15 is 0 Å². The Balaban J connectivity index is 2.40. The molecule has 4 heteroatoms. The van der Waals surface area contributed by atoms with Gasteiger partial charge in [-0.3, -0.25) is 9.59 Å². The summed E-state index contributed by atoms with van der Waals surface area (Å²) in [5.41, 5.74) is 8.61. The smallest absolute Gasteiger partial charge is 0.307 e. The average Bonchev–Trinajstić information content (AvgIpc) is 2.38. The van der Waals surface area contributed by atoms with Gasteiger partial charge >= 0.3 is 5.97 Å². The summed E-state index contributed by atoms with van der Waals surface area (Å²) in [5.74, 6) is -1.26. The number of benzene rings is 2. The molecule has 0 atom stereocenters. The highest BCUT2D eigenvalue weighted by atomic mass is 16.4. The van der Waals surface area contributed by atoms with Crippen molar-refractivity contribution in [1.29, 1.82) is 0 Å². The van der Waals surface area contributed by atoms with Crippen LogP contribution in [0.2, 0.25) is 0 Å². The molecule has 102 valence electrons. The standard InChI is InChI=1S/C16H15NO3/c17-15(18)10-13-5-1-2-7-14(13)12-6-3-4-11(8-12)9-16(19)20/h1-8H,9-10H2,(H2,17,18)(H,19,20). The number of primary amides is 1. The maximum Gasteiger partial charge on any atom is 0.307 e. The molecule has 1 amide bonds. The summed E-state index contributed by atoms with van der Waals surface area (Å²) in [6, 6.07) is 14.8. The maximum atomic E-state index is 11.1. The topological polar surface area (TPSA) is 80.4 Å². The average molecular weight is 269 g/mol. The summed E-state index contributed by atoms with van der Waals surface area (Å²) in [7, 11) is 0. The van der Waals surface area contributed by atoms with Gasteiger partial charge in [0, 0.05) is 0 Å². The first-order chi connectivity index (χ1) is 9.56. The number of nitrogens with two attached hydrogens (primary N) is 1. The first-order valence-electron chi connectivity index (χ1n) is 6.23. The van der Waals surface area contributed by atoms with Gasteiger partial charge in [0.1, 0.15) is 0 Å². The molecule has 0 aromatic heterocycles. The molecule has 0 heterocycles. The molecule has 0 aliphatic heterocycles. The monoisotopic (exact) mass is 269 g/mol. The van der Waals surface area contributed by atoms with Crippen LogP contribution in [0.1, 0.15) is 11.1 Å². The summed E-state index contributed by atoms with van der Waals surface area (Å²) >= 11 is 0. The van der Waals surface area contributed by atoms with Crippen molar-refractivity contribution >= 4 is 11.9 Å². The summed E-state index contributed by atoms with van der Waals surface area (Å²) in [4.78, 5) is 21.9. The van der Waals surface area contributed by atoms with Crippen molar-refractivity contribution in [2.75, 3.05) is 0 Å². The van der Waals surface area contributed by atoms with E-state index in [2.05, 4.69) is 0 Å². The molecule has 4 nitrogen and oxygen atoms in total. The second kappa shape index (κ2) is 6.02. The van der Waals surface area contributed by atoms with Crippen LogP contribution >= 0.6 is 0 Å². The van der Waals surface area contributed by atoms with Gasteiger partial charge in [0.25, 0.3) is 0 Å². The third-order valence-electron chi connectivity index (χ3n) is 2.98. The highest BCUT2D eigenvalue weighted by Crippen LogP contribution is 2.25. The zero-order chi connectivity index (χ0) is 14.5. The van der Waals surface area contributed by atoms with E-state index in [9.17, 15) is 9.59 Å². The lowest BCUT2D eigenvalue weighted by Gasteiger charge is -2.09. The van der Waals surface area contributed by atoms with E-state index in [0.29, 0.717) is 0 Å². The van der Waals surface area contributed by atoms with Gasteiger partial charge in [-0.1, -0.05) is 48.5 Å². The fourth-order valence-electron chi connectivity index (χ4n) is 2.17. The lowest BCUT2D eigenvalue weighted by Crippen LogP contribution is -2.14. The molecular formula is C16H15NO3. The second-order valence-corrected chi connectivity index (χ2v) is 4.57. The predicted molar refractivity (Wildman–Crippen MR) is 76.1 cm³/mol. The molecule has 0 fully saturated rings. The van der Waals surface area contributed by atoms with Crippen LogP contribution in [0.4, 0.5) is 0 Å². The molecule has 2 aromatic rings. The minimum Gasteiger partial charge on any atom is -0.481 e. The van der Waals surface area contributed by atoms with E-state index in [4.69, 9.17) is 10.8 Å². The van der Waals surface area contributed by atoms with E-state index in [-0.39, 0.29) is 18.7 Å². The minimum atomic E-state index is -0.868. The van der Waals surface area contributed by atoms with Gasteiger partial charge in [-0.15, -0.1) is 0 Å². The highest BCUT2D eigenvalue weighted by Gasteiger charge is 2.08. The van der Waals surface area contributed by atoms with Crippen LogP contribution in [-0.2, 0) is 22.4 Å². The molecule has 2 aromatic carbocycles. The Morgan fingerprint density at radius 2 is 1.75 bits per heavy atom. The van der Waals surface area contributed by atoms with E-state index in [1.54, 1.807) is 6.07 Å². The maximum absolute atomic E-state index is 11.1. The fraction of sp³-hybridized carbons (Fsp3) is 0.125. The quantitative estimate of drug-likeness (QED) is 0.871. The zero-order valence-electron chi connectivity index (χ0n) is 10.9. The van der Waals surface area contributed by atoms with Crippen molar-refractivity contribution in [3.8, 4) is 11.1 Å². The van der Waals surface area contributed by atoms with Gasteiger partial charge in [0.15, 0.2) is 0 Å². The molecular weight excluding hydrogens is 254 g/mol. The van der Waals surface area contributed by atoms with Crippen LogP contribution in [0.25, 0.3) is 11.1 Å². The molecule has 20 heavy (non-hydrogen) atoms. The molecule has 0 aliphatic rings. The van der Waals surface area contributed by atoms with E-state index in [1.807, 2.05) is 42.5 Å². The van der Waals surface area contributed by atoms with Crippen LogP contribution < -0.4 is 5.73 Å². The van der Waals surface area contributed by atoms with Crippen LogP contribution in [0.5, 0.6) is 0 Å². The summed E-state index contributed by atoms with van der Waals surface area (Å²) in [5, 5.41) is 8.84. The molecule has 0 saturated heterocycles. The Bertz CT molecular complexity index is 650. The van der Waals surface area contributed by atoms with Crippen molar-refractivity contribution in [3.63, 3.8) is 0 Å². The lowest BCUT2D eigenvalue weighted by atomic mass is 9.96. The Hall–Kier alpha value is -2.62. The Kier molecular flexibility index (Phi) is 4.15. The normalized spacial score (nSPS) is 10.2. The zero-order valence-corrected chi connectivity index (χ0v) is 10.9. The number of carbonyl (C=O) groups is 2. The van der Waals surface area contributed by atoms with Crippen LogP contribution in [0, 0.1) is 0 Å². The van der Waals surface area contributed by atoms with Crippen molar-refractivity contribution < 1.29 is 14.7 Å². The number of hydrogen-bond donors (Lipinski definition) is 2. The Labute approximate surface area is 116 Å². The van der Waals surface area contributed by atoms with Crippen LogP contribution in [-0.4, -0.2) is 17.0 Å². The molecule has 0 radical (unpaired) electrons. The third kappa shape index (κ3) is 3.45. The van der Waals surface area contributed by atoms with Gasteiger partial charge in [-0.2, -0.15) is 0 Å². The number of rotatable bonds is 5. The van der Waals surface area contributed by atoms with Crippen molar-refractivity contribution in [1.82, 2.24) is 0 Å². The SMILES string of the molecule is NC(=O)Cc1ccccc1-c1cccc(CC(=O)O)c1. The van der Waals surface area contributed by atoms with Crippen molar-refractivity contribution in [3.05, 3.63) is 59.7 Å². The first-order valence-corrected chi connectivity index (χ1v) is 6.23. The van der Waals surface area contributed by atoms with E-state index < -0.39 is 5.97 Å². The van der Waals surface area contributed by atoms with Gasteiger partial charge in [0.05, 0.1) is 12.8 Å². The van der Waals surface area contributed by atoms with Gasteiger partial charge < -0.3 is 10.8 Å². The van der Waals surface area contributed by atoms with Gasteiger partial charge in [-0.25, -0.2) is 0 Å². The highest BCUT2D eigenvalue weighted by molar-refractivity contribution is 5.81. The first kappa shape index (κ1) is 13.8. The fourth-order valence-corrected chi connectivity index (χ4v) is 2.17. The molecule has 0 bridgehead atoms. The third-order valence-corrected chi connectivity index (χ3v) is 2.98. The van der Waals surface area contributed by atoms with Gasteiger partial charge in [0.2, 0.25) is 5.91 Å². The van der Waals surface area contributed by atoms with Crippen molar-refractivity contribution in [2.24, 2.45) is 5.73 Å². The number of carbonyl (C=O) groups excluding carboxylic acids is 1. The minimum absolute atomic E-state index is 0.0220. The Morgan fingerprint density at radius 3 is 2.45 bits per heavy atom. The summed E-state index contributed by atoms with van der Waals surface area (Å²) in [6.45, 7) is 0. The lowest BCUT2D eigenvalue weighted by molar-refractivity contribution is -0.136. The van der Waals surface area contributed by atoms with E-state index in [0.717, 1.165) is 22.3 Å². The van der Waals surface area contributed by atoms with Gasteiger partial charge in [-0.05, 0) is 22.3 Å². The van der Waals surface area contributed by atoms with E-state index in [1.165, 1.54) is 0 Å². The number of carboxylic acid groups (broad SMARTS) is 1. The Morgan fingerprint density at radius 1 is 1.00 bits per heavy atom. The second-order valence-electron chi connectivity index (χ2n) is 4.57. The molecule has 3 N–H and O–H groups in total. The molecule has 0 aliphatic carbocycles. The number of hydrogen-bond acceptors (Lipinski definition) is 2. The number of amides is 1. The van der Waals surface area contributed by atoms with Crippen LogP contribution in [0.3, 0.4) is 0 Å². The number of aliphatic carboxylic acids is 1. The molecule has 0 spiro atoms.